The zero-order valence-electron chi connectivity index (χ0n) is 11.9. The lowest BCUT2D eigenvalue weighted by atomic mass is 10.1. The van der Waals surface area contributed by atoms with Gasteiger partial charge in [0.15, 0.2) is 0 Å². The van der Waals surface area contributed by atoms with Gasteiger partial charge in [0.05, 0.1) is 5.69 Å². The van der Waals surface area contributed by atoms with E-state index >= 15 is 0 Å². The van der Waals surface area contributed by atoms with E-state index in [0.29, 0.717) is 5.69 Å². The number of anilines is 3. The Morgan fingerprint density at radius 3 is 2.43 bits per heavy atom. The first-order chi connectivity index (χ1) is 10.8. The third kappa shape index (κ3) is 2.56. The van der Waals surface area contributed by atoms with Crippen LogP contribution in [0.25, 0.3) is 10.9 Å². The number of rotatable bonds is 4. The largest absolute Gasteiger partial charge is 0.408 e. The lowest BCUT2D eigenvalue weighted by molar-refractivity contribution is -0.138. The van der Waals surface area contributed by atoms with E-state index in [1.165, 1.54) is 0 Å². The van der Waals surface area contributed by atoms with Crippen molar-refractivity contribution in [3.8, 4) is 0 Å². The molecule has 0 aliphatic rings. The molecule has 0 aliphatic heterocycles. The second-order valence-corrected chi connectivity index (χ2v) is 5.19. The van der Waals surface area contributed by atoms with Gasteiger partial charge in [-0.15, -0.1) is 0 Å². The van der Waals surface area contributed by atoms with E-state index < -0.39 is 23.1 Å². The molecule has 1 atom stereocenters. The monoisotopic (exact) mass is 323 g/mol. The topological polar surface area (TPSA) is 74.0 Å². The summed E-state index contributed by atoms with van der Waals surface area (Å²) in [5, 5.41) is 5.55. The van der Waals surface area contributed by atoms with Crippen molar-refractivity contribution in [3.63, 3.8) is 0 Å². The maximum Gasteiger partial charge on any atom is 0.408 e. The van der Waals surface area contributed by atoms with E-state index in [4.69, 9.17) is 0 Å². The number of hydrogen-bond donors (Lipinski definition) is 3. The predicted octanol–water partition coefficient (Wildman–Crippen LogP) is 2.87. The molecule has 0 saturated heterocycles. The molecule has 0 amide bonds. The Bertz CT molecular complexity index is 936. The molecular formula is C15H12F3N3O2. The van der Waals surface area contributed by atoms with Gasteiger partial charge in [0, 0.05) is 17.1 Å². The lowest BCUT2D eigenvalue weighted by Gasteiger charge is -2.21. The van der Waals surface area contributed by atoms with Crippen molar-refractivity contribution < 1.29 is 13.2 Å². The predicted molar refractivity (Wildman–Crippen MR) is 82.1 cm³/mol. The van der Waals surface area contributed by atoms with Gasteiger partial charge in [-0.2, -0.15) is 13.2 Å². The van der Waals surface area contributed by atoms with Crippen LogP contribution in [0.5, 0.6) is 0 Å². The summed E-state index contributed by atoms with van der Waals surface area (Å²) < 4.78 is 37.8. The maximum atomic E-state index is 12.6. The Kier molecular flexibility index (Phi) is 3.39. The van der Waals surface area contributed by atoms with Gasteiger partial charge in [0.1, 0.15) is 17.4 Å². The van der Waals surface area contributed by atoms with Crippen LogP contribution in [0.1, 0.15) is 6.92 Å². The highest BCUT2D eigenvalue weighted by Gasteiger charge is 2.38. The standard InChI is InChI=1S/C15H12F3N3O2/c1-7(15(16,17)18)20-11-12(14(23)13(11)22)21-10-6-19-9-5-3-2-4-8(9)10/h2-7,19-21H,1H3. The van der Waals surface area contributed by atoms with E-state index in [0.717, 1.165) is 17.8 Å². The van der Waals surface area contributed by atoms with Gasteiger partial charge in [-0.3, -0.25) is 9.59 Å². The molecule has 0 aliphatic carbocycles. The first kappa shape index (κ1) is 15.1. The molecule has 3 N–H and O–H groups in total. The van der Waals surface area contributed by atoms with E-state index in [1.807, 2.05) is 12.1 Å². The molecule has 23 heavy (non-hydrogen) atoms. The fourth-order valence-electron chi connectivity index (χ4n) is 2.26. The van der Waals surface area contributed by atoms with Crippen LogP contribution in [0.15, 0.2) is 40.1 Å². The summed E-state index contributed by atoms with van der Waals surface area (Å²) in [4.78, 5) is 26.2. The van der Waals surface area contributed by atoms with Crippen LogP contribution in [-0.4, -0.2) is 17.2 Å². The highest BCUT2D eigenvalue weighted by Crippen LogP contribution is 2.29. The van der Waals surface area contributed by atoms with Gasteiger partial charge in [0.2, 0.25) is 0 Å². The molecule has 0 spiro atoms. The van der Waals surface area contributed by atoms with Crippen LogP contribution in [0, 0.1) is 0 Å². The lowest BCUT2D eigenvalue weighted by Crippen LogP contribution is -2.42. The molecule has 120 valence electrons. The number of alkyl halides is 3. The number of hydrogen-bond acceptors (Lipinski definition) is 4. The molecule has 5 nitrogen and oxygen atoms in total. The van der Waals surface area contributed by atoms with Gasteiger partial charge >= 0.3 is 6.18 Å². The molecule has 1 heterocycles. The van der Waals surface area contributed by atoms with Crippen LogP contribution in [-0.2, 0) is 0 Å². The van der Waals surface area contributed by atoms with Crippen LogP contribution in [0.4, 0.5) is 30.2 Å². The summed E-state index contributed by atoms with van der Waals surface area (Å²) >= 11 is 0. The third-order valence-electron chi connectivity index (χ3n) is 3.61. The Balaban J connectivity index is 1.91. The second-order valence-electron chi connectivity index (χ2n) is 5.19. The molecular weight excluding hydrogens is 311 g/mol. The number of nitrogens with one attached hydrogen (secondary N) is 3. The summed E-state index contributed by atoms with van der Waals surface area (Å²) in [6.45, 7) is 0.881. The van der Waals surface area contributed by atoms with Gasteiger partial charge in [-0.05, 0) is 13.0 Å². The number of fused-ring (bicyclic) bond motifs is 1. The number of para-hydroxylation sites is 1. The molecule has 0 fully saturated rings. The summed E-state index contributed by atoms with van der Waals surface area (Å²) in [5.74, 6) is 0. The Morgan fingerprint density at radius 2 is 1.74 bits per heavy atom. The average Bonchev–Trinajstić information content (AvgIpc) is 2.92. The Morgan fingerprint density at radius 1 is 1.09 bits per heavy atom. The molecule has 1 aromatic heterocycles. The summed E-state index contributed by atoms with van der Waals surface area (Å²) in [6.07, 6.45) is -2.93. The van der Waals surface area contributed by atoms with Crippen molar-refractivity contribution in [2.75, 3.05) is 10.6 Å². The summed E-state index contributed by atoms with van der Waals surface area (Å²) in [7, 11) is 0. The van der Waals surface area contributed by atoms with Crippen LogP contribution < -0.4 is 21.5 Å². The van der Waals surface area contributed by atoms with Gasteiger partial charge < -0.3 is 15.6 Å². The minimum Gasteiger partial charge on any atom is -0.369 e. The molecule has 0 radical (unpaired) electrons. The third-order valence-corrected chi connectivity index (χ3v) is 3.61. The zero-order chi connectivity index (χ0) is 16.8. The SMILES string of the molecule is CC(Nc1c(Nc2c[nH]c3ccccc23)c(=O)c1=O)C(F)(F)F. The molecule has 8 heteroatoms. The van der Waals surface area contributed by atoms with Crippen molar-refractivity contribution in [1.82, 2.24) is 4.98 Å². The van der Waals surface area contributed by atoms with Crippen molar-refractivity contribution in [3.05, 3.63) is 50.9 Å². The number of halogens is 3. The van der Waals surface area contributed by atoms with E-state index in [9.17, 15) is 22.8 Å². The van der Waals surface area contributed by atoms with Crippen LogP contribution >= 0.6 is 0 Å². The van der Waals surface area contributed by atoms with Gasteiger partial charge in [-0.25, -0.2) is 0 Å². The number of benzene rings is 1. The fraction of sp³-hybridized carbons (Fsp3) is 0.200. The van der Waals surface area contributed by atoms with Crippen molar-refractivity contribution >= 4 is 28.0 Å². The maximum absolute atomic E-state index is 12.6. The molecule has 3 rings (SSSR count). The molecule has 1 unspecified atom stereocenters. The molecule has 0 bridgehead atoms. The second kappa shape index (κ2) is 5.15. The minimum atomic E-state index is -4.52. The van der Waals surface area contributed by atoms with Crippen molar-refractivity contribution in [2.45, 2.75) is 19.1 Å². The summed E-state index contributed by atoms with van der Waals surface area (Å²) in [6, 6.07) is 5.26. The van der Waals surface area contributed by atoms with E-state index in [-0.39, 0.29) is 11.4 Å². The number of aromatic nitrogens is 1. The van der Waals surface area contributed by atoms with Crippen molar-refractivity contribution in [2.24, 2.45) is 0 Å². The summed E-state index contributed by atoms with van der Waals surface area (Å²) in [5.41, 5.74) is -0.987. The minimum absolute atomic E-state index is 0.157. The number of aromatic amines is 1. The van der Waals surface area contributed by atoms with Crippen LogP contribution in [0.3, 0.4) is 0 Å². The molecule has 3 aromatic rings. The molecule has 2 aromatic carbocycles. The van der Waals surface area contributed by atoms with Crippen molar-refractivity contribution in [1.29, 1.82) is 0 Å². The fourth-order valence-corrected chi connectivity index (χ4v) is 2.26. The van der Waals surface area contributed by atoms with E-state index in [2.05, 4.69) is 15.6 Å². The highest BCUT2D eigenvalue weighted by atomic mass is 19.4. The van der Waals surface area contributed by atoms with Crippen LogP contribution in [0.2, 0.25) is 0 Å². The Labute approximate surface area is 127 Å². The average molecular weight is 323 g/mol. The quantitative estimate of drug-likeness (QED) is 0.646. The number of H-pyrrole nitrogens is 1. The Hall–Kier alpha value is -2.77. The van der Waals surface area contributed by atoms with Gasteiger partial charge in [-0.1, -0.05) is 18.2 Å². The molecule has 0 saturated carbocycles. The van der Waals surface area contributed by atoms with E-state index in [1.54, 1.807) is 18.3 Å². The first-order valence-electron chi connectivity index (χ1n) is 6.78. The first-order valence-corrected chi connectivity index (χ1v) is 6.78. The van der Waals surface area contributed by atoms with Gasteiger partial charge in [0.25, 0.3) is 10.9 Å². The highest BCUT2D eigenvalue weighted by molar-refractivity contribution is 5.95. The normalized spacial score (nSPS) is 13.4. The zero-order valence-corrected chi connectivity index (χ0v) is 11.9. The smallest absolute Gasteiger partial charge is 0.369 e.